The zero-order valence-electron chi connectivity index (χ0n) is 35.7. The summed E-state index contributed by atoms with van der Waals surface area (Å²) >= 11 is 0. The van der Waals surface area contributed by atoms with E-state index in [1.807, 2.05) is 30.3 Å². The van der Waals surface area contributed by atoms with Crippen LogP contribution in [0.2, 0.25) is 0 Å². The van der Waals surface area contributed by atoms with E-state index in [-0.39, 0.29) is 0 Å². The van der Waals surface area contributed by atoms with E-state index < -0.39 is 6.17 Å². The molecule has 0 bridgehead atoms. The van der Waals surface area contributed by atoms with Crippen LogP contribution in [0.3, 0.4) is 0 Å². The first kappa shape index (κ1) is 37.7. The highest BCUT2D eigenvalue weighted by Crippen LogP contribution is 2.43. The SMILES string of the molecule is c1ccc(-c2ccc(C3=NC(c4ccc(-c5cccc6oc7cc(-c8cccc9oc%10ccccc%10c89)ccc7c56)c5ccccc45)NC(c4ccc(-c5ccccc5)cc4)=N3)cc2)cc1. The lowest BCUT2D eigenvalue weighted by Crippen LogP contribution is -2.33. The molecule has 0 saturated carbocycles. The lowest BCUT2D eigenvalue weighted by Gasteiger charge is -2.25. The topological polar surface area (TPSA) is 63.0 Å². The summed E-state index contributed by atoms with van der Waals surface area (Å²) in [6.07, 6.45) is -0.408. The maximum absolute atomic E-state index is 6.70. The fraction of sp³-hybridized carbons (Fsp3) is 0.0164. The molecule has 5 heteroatoms. The molecule has 5 nitrogen and oxygen atoms in total. The molecule has 1 aliphatic rings. The Balaban J connectivity index is 0.909. The molecule has 0 spiro atoms. The van der Waals surface area contributed by atoms with Gasteiger partial charge >= 0.3 is 0 Å². The van der Waals surface area contributed by atoms with Crippen molar-refractivity contribution >= 4 is 66.3 Å². The molecule has 1 unspecified atom stereocenters. The molecule has 1 N–H and O–H groups in total. The minimum absolute atomic E-state index is 0.408. The predicted octanol–water partition coefficient (Wildman–Crippen LogP) is 15.8. The van der Waals surface area contributed by atoms with E-state index in [9.17, 15) is 0 Å². The average molecular weight is 846 g/mol. The zero-order valence-corrected chi connectivity index (χ0v) is 35.7. The van der Waals surface area contributed by atoms with E-state index in [4.69, 9.17) is 18.8 Å². The van der Waals surface area contributed by atoms with Crippen LogP contribution in [0.5, 0.6) is 0 Å². The largest absolute Gasteiger partial charge is 0.456 e. The summed E-state index contributed by atoms with van der Waals surface area (Å²) in [5.74, 6) is 1.45. The van der Waals surface area contributed by atoms with Crippen LogP contribution in [0, 0.1) is 0 Å². The van der Waals surface area contributed by atoms with Crippen LogP contribution in [-0.2, 0) is 0 Å². The first-order valence-electron chi connectivity index (χ1n) is 22.3. The van der Waals surface area contributed by atoms with Gasteiger partial charge in [-0.3, -0.25) is 0 Å². The predicted molar refractivity (Wildman–Crippen MR) is 272 cm³/mol. The van der Waals surface area contributed by atoms with Gasteiger partial charge < -0.3 is 14.2 Å². The van der Waals surface area contributed by atoms with Crippen molar-refractivity contribution in [3.63, 3.8) is 0 Å². The molecule has 2 aromatic heterocycles. The molecular formula is C61H39N3O2. The van der Waals surface area contributed by atoms with Gasteiger partial charge in [-0.05, 0) is 85.6 Å². The quantitative estimate of drug-likeness (QED) is 0.174. The summed E-state index contributed by atoms with van der Waals surface area (Å²) in [6.45, 7) is 0. The number of nitrogens with zero attached hydrogens (tertiary/aromatic N) is 2. The second-order valence-electron chi connectivity index (χ2n) is 16.9. The molecule has 12 aromatic rings. The number of amidine groups is 2. The van der Waals surface area contributed by atoms with E-state index >= 15 is 0 Å². The molecule has 1 aliphatic heterocycles. The van der Waals surface area contributed by atoms with Crippen LogP contribution in [0.15, 0.2) is 243 Å². The Hall–Kier alpha value is -8.80. The first-order chi connectivity index (χ1) is 32.7. The van der Waals surface area contributed by atoms with Crippen molar-refractivity contribution in [1.82, 2.24) is 5.32 Å². The molecule has 0 radical (unpaired) electrons. The van der Waals surface area contributed by atoms with Crippen molar-refractivity contribution in [2.24, 2.45) is 9.98 Å². The number of aliphatic imine (C=N–C) groups is 2. The fourth-order valence-electron chi connectivity index (χ4n) is 9.81. The fourth-order valence-corrected chi connectivity index (χ4v) is 9.81. The van der Waals surface area contributed by atoms with Crippen LogP contribution >= 0.6 is 0 Å². The molecule has 0 fully saturated rings. The number of hydrogen-bond acceptors (Lipinski definition) is 5. The number of hydrogen-bond donors (Lipinski definition) is 1. The molecule has 310 valence electrons. The molecule has 13 rings (SSSR count). The van der Waals surface area contributed by atoms with Crippen LogP contribution in [-0.4, -0.2) is 11.7 Å². The Labute approximate surface area is 380 Å². The highest BCUT2D eigenvalue weighted by atomic mass is 16.3. The summed E-state index contributed by atoms with van der Waals surface area (Å²) in [4.78, 5) is 10.6. The molecule has 0 amide bonds. The van der Waals surface area contributed by atoms with Crippen molar-refractivity contribution < 1.29 is 8.83 Å². The van der Waals surface area contributed by atoms with Crippen LogP contribution in [0.4, 0.5) is 0 Å². The molecule has 3 heterocycles. The van der Waals surface area contributed by atoms with Crippen molar-refractivity contribution in [3.8, 4) is 44.5 Å². The molecule has 66 heavy (non-hydrogen) atoms. The number of para-hydroxylation sites is 1. The Kier molecular flexibility index (Phi) is 8.84. The Morgan fingerprint density at radius 3 is 1.56 bits per heavy atom. The monoisotopic (exact) mass is 845 g/mol. The van der Waals surface area contributed by atoms with Gasteiger partial charge in [-0.25, -0.2) is 9.98 Å². The van der Waals surface area contributed by atoms with Gasteiger partial charge in [-0.15, -0.1) is 0 Å². The van der Waals surface area contributed by atoms with Crippen molar-refractivity contribution in [2.45, 2.75) is 6.17 Å². The highest BCUT2D eigenvalue weighted by Gasteiger charge is 2.25. The van der Waals surface area contributed by atoms with Gasteiger partial charge in [0.2, 0.25) is 0 Å². The minimum Gasteiger partial charge on any atom is -0.456 e. The third kappa shape index (κ3) is 6.40. The number of fused-ring (bicyclic) bond motifs is 7. The molecule has 0 saturated heterocycles. The van der Waals surface area contributed by atoms with Crippen molar-refractivity contribution in [1.29, 1.82) is 0 Å². The highest BCUT2D eigenvalue weighted by molar-refractivity contribution is 6.18. The number of furan rings is 2. The third-order valence-electron chi connectivity index (χ3n) is 13.0. The summed E-state index contributed by atoms with van der Waals surface area (Å²) in [7, 11) is 0. The Bertz CT molecular complexity index is 3880. The van der Waals surface area contributed by atoms with Crippen LogP contribution in [0.25, 0.3) is 99.2 Å². The first-order valence-corrected chi connectivity index (χ1v) is 22.3. The minimum atomic E-state index is -0.408. The molecule has 0 aliphatic carbocycles. The van der Waals surface area contributed by atoms with E-state index in [2.05, 4.69) is 199 Å². The van der Waals surface area contributed by atoms with Crippen molar-refractivity contribution in [2.75, 3.05) is 0 Å². The standard InChI is InChI=1S/C61H39N3O2/c1-3-13-38(14-4-1)40-25-29-42(30-26-40)59-62-60(43-31-27-41(28-32-43)39-15-5-2-6-16-39)64-61(63-59)50-36-35-48(46-17-7-8-18-47(46)50)49-21-12-24-55-58(49)52-34-33-44(37-56(52)66-55)45-20-11-23-54-57(45)51-19-9-10-22-53(51)65-54/h1-37,61H,(H,62,63,64). The lowest BCUT2D eigenvalue weighted by molar-refractivity contribution is 0.668. The third-order valence-corrected chi connectivity index (χ3v) is 13.0. The smallest absolute Gasteiger partial charge is 0.159 e. The van der Waals surface area contributed by atoms with Crippen molar-refractivity contribution in [3.05, 3.63) is 241 Å². The van der Waals surface area contributed by atoms with Gasteiger partial charge in [0.15, 0.2) is 5.84 Å². The normalized spacial score (nSPS) is 13.9. The van der Waals surface area contributed by atoms with Crippen LogP contribution < -0.4 is 5.32 Å². The second kappa shape index (κ2) is 15.5. The maximum Gasteiger partial charge on any atom is 0.159 e. The zero-order chi connectivity index (χ0) is 43.6. The van der Waals surface area contributed by atoms with Gasteiger partial charge in [0.25, 0.3) is 0 Å². The van der Waals surface area contributed by atoms with E-state index in [0.29, 0.717) is 5.84 Å². The average Bonchev–Trinajstić information content (AvgIpc) is 3.97. The van der Waals surface area contributed by atoms with Gasteiger partial charge in [-0.2, -0.15) is 0 Å². The van der Waals surface area contributed by atoms with Gasteiger partial charge in [0.1, 0.15) is 34.3 Å². The van der Waals surface area contributed by atoms with E-state index in [1.165, 1.54) is 11.1 Å². The summed E-state index contributed by atoms with van der Waals surface area (Å²) < 4.78 is 12.9. The van der Waals surface area contributed by atoms with E-state index in [0.717, 1.165) is 111 Å². The lowest BCUT2D eigenvalue weighted by atomic mass is 9.91. The summed E-state index contributed by atoms with van der Waals surface area (Å²) in [5, 5.41) is 10.4. The second-order valence-corrected chi connectivity index (χ2v) is 16.9. The van der Waals surface area contributed by atoms with E-state index in [1.54, 1.807) is 0 Å². The Morgan fingerprint density at radius 1 is 0.333 bits per heavy atom. The van der Waals surface area contributed by atoms with Gasteiger partial charge in [-0.1, -0.05) is 194 Å². The molecule has 10 aromatic carbocycles. The number of nitrogens with one attached hydrogen (secondary N) is 1. The van der Waals surface area contributed by atoms with Crippen LogP contribution in [0.1, 0.15) is 22.9 Å². The summed E-state index contributed by atoms with van der Waals surface area (Å²) in [6, 6.07) is 78.7. The molecular weight excluding hydrogens is 807 g/mol. The molecule has 1 atom stereocenters. The maximum atomic E-state index is 6.70. The number of benzene rings is 10. The van der Waals surface area contributed by atoms with Gasteiger partial charge in [0, 0.05) is 38.2 Å². The number of rotatable bonds is 7. The summed E-state index contributed by atoms with van der Waals surface area (Å²) in [5.41, 5.74) is 15.5. The Morgan fingerprint density at radius 2 is 0.848 bits per heavy atom. The van der Waals surface area contributed by atoms with Gasteiger partial charge in [0.05, 0.1) is 0 Å².